The molecule has 0 saturated heterocycles. The van der Waals surface area contributed by atoms with Crippen molar-refractivity contribution in [3.05, 3.63) is 54.1 Å². The van der Waals surface area contributed by atoms with E-state index < -0.39 is 6.10 Å². The van der Waals surface area contributed by atoms with Crippen LogP contribution in [-0.2, 0) is 4.79 Å². The molecule has 126 valence electrons. The normalized spacial score (nSPS) is 15.4. The summed E-state index contributed by atoms with van der Waals surface area (Å²) in [6.45, 7) is 0.124. The number of carbonyl (C=O) groups is 1. The topological polar surface area (TPSA) is 92.9 Å². The standard InChI is InChI=1S/C18H15N3O4/c19-9-10-23-14-7-5-13(6-8-14)11-20-21-18(22)17-12-24-15-3-1-2-4-16(15)25-17/h1-8,11,17H,10,12H2,(H,21,22)/b20-11-/t17-/m1/s1. The van der Waals surface area contributed by atoms with Gasteiger partial charge in [0.1, 0.15) is 18.4 Å². The number of ether oxygens (including phenoxy) is 3. The number of hydrogen-bond acceptors (Lipinski definition) is 6. The second-order valence-corrected chi connectivity index (χ2v) is 5.11. The van der Waals surface area contributed by atoms with Crippen molar-refractivity contribution in [1.82, 2.24) is 5.43 Å². The molecule has 0 spiro atoms. The first kappa shape index (κ1) is 16.3. The summed E-state index contributed by atoms with van der Waals surface area (Å²) in [5, 5.41) is 12.4. The van der Waals surface area contributed by atoms with Gasteiger partial charge in [-0.05, 0) is 42.0 Å². The number of nitriles is 1. The molecular formula is C18H15N3O4. The van der Waals surface area contributed by atoms with Gasteiger partial charge in [0, 0.05) is 0 Å². The number of rotatable bonds is 5. The maximum atomic E-state index is 12.1. The Morgan fingerprint density at radius 3 is 2.80 bits per heavy atom. The SMILES string of the molecule is N#CCOc1ccc(/C=N\NC(=O)[C@H]2COc3ccccc3O2)cc1. The number of nitrogens with one attached hydrogen (secondary N) is 1. The molecule has 0 unspecified atom stereocenters. The predicted molar refractivity (Wildman–Crippen MR) is 89.6 cm³/mol. The van der Waals surface area contributed by atoms with Gasteiger partial charge in [-0.15, -0.1) is 0 Å². The van der Waals surface area contributed by atoms with Gasteiger partial charge in [0.05, 0.1) is 6.21 Å². The third-order valence-electron chi connectivity index (χ3n) is 3.37. The lowest BCUT2D eigenvalue weighted by Crippen LogP contribution is -2.42. The number of hydrazone groups is 1. The van der Waals surface area contributed by atoms with E-state index in [0.29, 0.717) is 17.2 Å². The van der Waals surface area contributed by atoms with Crippen LogP contribution in [0.15, 0.2) is 53.6 Å². The summed E-state index contributed by atoms with van der Waals surface area (Å²) in [5.74, 6) is 1.36. The van der Waals surface area contributed by atoms with Crippen molar-refractivity contribution in [2.75, 3.05) is 13.2 Å². The Labute approximate surface area is 144 Å². The van der Waals surface area contributed by atoms with Gasteiger partial charge in [0.2, 0.25) is 6.10 Å². The highest BCUT2D eigenvalue weighted by molar-refractivity contribution is 5.85. The highest BCUT2D eigenvalue weighted by Crippen LogP contribution is 2.30. The summed E-state index contributed by atoms with van der Waals surface area (Å²) < 4.78 is 16.2. The van der Waals surface area contributed by atoms with E-state index in [1.807, 2.05) is 18.2 Å². The van der Waals surface area contributed by atoms with Crippen LogP contribution in [0, 0.1) is 11.3 Å². The number of benzene rings is 2. The van der Waals surface area contributed by atoms with Crippen molar-refractivity contribution < 1.29 is 19.0 Å². The quantitative estimate of drug-likeness (QED) is 0.664. The zero-order valence-corrected chi connectivity index (χ0v) is 13.2. The monoisotopic (exact) mass is 337 g/mol. The van der Waals surface area contributed by atoms with Crippen molar-refractivity contribution in [2.45, 2.75) is 6.10 Å². The minimum absolute atomic E-state index is 0.00389. The van der Waals surface area contributed by atoms with Crippen LogP contribution in [-0.4, -0.2) is 31.4 Å². The number of amides is 1. The van der Waals surface area contributed by atoms with Crippen LogP contribution in [0.3, 0.4) is 0 Å². The Morgan fingerprint density at radius 1 is 1.28 bits per heavy atom. The first-order valence-electron chi connectivity index (χ1n) is 7.57. The van der Waals surface area contributed by atoms with Crippen molar-refractivity contribution >= 4 is 12.1 Å². The molecule has 0 radical (unpaired) electrons. The zero-order chi connectivity index (χ0) is 17.5. The van der Waals surface area contributed by atoms with Crippen LogP contribution in [0.1, 0.15) is 5.56 Å². The second-order valence-electron chi connectivity index (χ2n) is 5.11. The number of para-hydroxylation sites is 2. The number of nitrogens with zero attached hydrogens (tertiary/aromatic N) is 2. The van der Waals surface area contributed by atoms with Crippen molar-refractivity contribution in [3.8, 4) is 23.3 Å². The number of fused-ring (bicyclic) bond motifs is 1. The van der Waals surface area contributed by atoms with Crippen molar-refractivity contribution in [3.63, 3.8) is 0 Å². The fourth-order valence-electron chi connectivity index (χ4n) is 2.16. The fourth-order valence-corrected chi connectivity index (χ4v) is 2.16. The van der Waals surface area contributed by atoms with E-state index in [2.05, 4.69) is 10.5 Å². The Kier molecular flexibility index (Phi) is 5.12. The molecule has 0 saturated carbocycles. The Hall–Kier alpha value is -3.53. The minimum Gasteiger partial charge on any atom is -0.485 e. The smallest absolute Gasteiger partial charge is 0.284 e. The molecule has 0 aromatic heterocycles. The Bertz CT molecular complexity index is 812. The average molecular weight is 337 g/mol. The van der Waals surface area contributed by atoms with Crippen LogP contribution in [0.4, 0.5) is 0 Å². The van der Waals surface area contributed by atoms with Crippen LogP contribution in [0.2, 0.25) is 0 Å². The van der Waals surface area contributed by atoms with Crippen LogP contribution < -0.4 is 19.6 Å². The van der Waals surface area contributed by atoms with Gasteiger partial charge in [-0.3, -0.25) is 4.79 Å². The molecule has 2 aromatic carbocycles. The first-order valence-corrected chi connectivity index (χ1v) is 7.57. The Morgan fingerprint density at radius 2 is 2.04 bits per heavy atom. The van der Waals surface area contributed by atoms with Crippen molar-refractivity contribution in [2.24, 2.45) is 5.10 Å². The zero-order valence-electron chi connectivity index (χ0n) is 13.2. The third kappa shape index (κ3) is 4.26. The van der Waals surface area contributed by atoms with E-state index in [-0.39, 0.29) is 19.1 Å². The van der Waals surface area contributed by atoms with Gasteiger partial charge in [-0.25, -0.2) is 5.43 Å². The number of hydrogen-bond donors (Lipinski definition) is 1. The summed E-state index contributed by atoms with van der Waals surface area (Å²) in [4.78, 5) is 12.1. The maximum absolute atomic E-state index is 12.1. The molecule has 1 aliphatic heterocycles. The summed E-state index contributed by atoms with van der Waals surface area (Å²) in [6.07, 6.45) is 0.748. The maximum Gasteiger partial charge on any atom is 0.284 e. The van der Waals surface area contributed by atoms with Gasteiger partial charge < -0.3 is 14.2 Å². The molecule has 7 heteroatoms. The molecular weight excluding hydrogens is 322 g/mol. The molecule has 0 fully saturated rings. The summed E-state index contributed by atoms with van der Waals surface area (Å²) in [7, 11) is 0. The lowest BCUT2D eigenvalue weighted by molar-refractivity contribution is -0.130. The van der Waals surface area contributed by atoms with E-state index >= 15 is 0 Å². The van der Waals surface area contributed by atoms with Gasteiger partial charge in [0.25, 0.3) is 5.91 Å². The highest BCUT2D eigenvalue weighted by atomic mass is 16.6. The van der Waals surface area contributed by atoms with E-state index in [1.54, 1.807) is 36.4 Å². The average Bonchev–Trinajstić information content (AvgIpc) is 2.67. The summed E-state index contributed by atoms with van der Waals surface area (Å²) in [5.41, 5.74) is 3.21. The molecule has 1 aliphatic rings. The van der Waals surface area contributed by atoms with E-state index in [1.165, 1.54) is 6.21 Å². The van der Waals surface area contributed by atoms with Gasteiger partial charge in [-0.1, -0.05) is 12.1 Å². The van der Waals surface area contributed by atoms with Crippen LogP contribution >= 0.6 is 0 Å². The second kappa shape index (κ2) is 7.84. The van der Waals surface area contributed by atoms with Crippen LogP contribution in [0.25, 0.3) is 0 Å². The van der Waals surface area contributed by atoms with Gasteiger partial charge in [-0.2, -0.15) is 10.4 Å². The van der Waals surface area contributed by atoms with E-state index in [4.69, 9.17) is 19.5 Å². The molecule has 1 heterocycles. The van der Waals surface area contributed by atoms with E-state index in [0.717, 1.165) is 5.56 Å². The largest absolute Gasteiger partial charge is 0.485 e. The summed E-state index contributed by atoms with van der Waals surface area (Å²) in [6, 6.07) is 16.0. The molecule has 2 aromatic rings. The molecule has 1 amide bonds. The first-order chi connectivity index (χ1) is 12.3. The molecule has 7 nitrogen and oxygen atoms in total. The molecule has 0 bridgehead atoms. The third-order valence-corrected chi connectivity index (χ3v) is 3.37. The lowest BCUT2D eigenvalue weighted by Gasteiger charge is -2.24. The predicted octanol–water partition coefficient (Wildman–Crippen LogP) is 1.88. The molecule has 25 heavy (non-hydrogen) atoms. The van der Waals surface area contributed by atoms with E-state index in [9.17, 15) is 4.79 Å². The lowest BCUT2D eigenvalue weighted by atomic mass is 10.2. The van der Waals surface area contributed by atoms with Crippen LogP contribution in [0.5, 0.6) is 17.2 Å². The minimum atomic E-state index is -0.756. The Balaban J connectivity index is 1.52. The molecule has 0 aliphatic carbocycles. The highest BCUT2D eigenvalue weighted by Gasteiger charge is 2.26. The fraction of sp³-hybridized carbons (Fsp3) is 0.167. The molecule has 3 rings (SSSR count). The van der Waals surface area contributed by atoms with Crippen molar-refractivity contribution in [1.29, 1.82) is 5.26 Å². The summed E-state index contributed by atoms with van der Waals surface area (Å²) >= 11 is 0. The van der Waals surface area contributed by atoms with Gasteiger partial charge in [0.15, 0.2) is 18.1 Å². The molecule has 1 N–H and O–H groups in total. The molecule has 1 atom stereocenters. The number of carbonyl (C=O) groups excluding carboxylic acids is 1. The van der Waals surface area contributed by atoms with Gasteiger partial charge >= 0.3 is 0 Å².